The zero-order chi connectivity index (χ0) is 14.6. The molecule has 0 saturated carbocycles. The van der Waals surface area contributed by atoms with Gasteiger partial charge in [-0.2, -0.15) is 0 Å². The number of benzene rings is 1. The van der Waals surface area contributed by atoms with E-state index in [1.54, 1.807) is 25.1 Å². The molecule has 1 aromatic rings. The maximum atomic E-state index is 12.0. The first-order chi connectivity index (χ1) is 8.79. The first kappa shape index (κ1) is 16.3. The maximum Gasteiger partial charge on any atom is 0.252 e. The largest absolute Gasteiger partial charge is 0.388 e. The van der Waals surface area contributed by atoms with E-state index in [2.05, 4.69) is 5.32 Å². The van der Waals surface area contributed by atoms with Crippen LogP contribution in [-0.4, -0.2) is 23.2 Å². The third-order valence-corrected chi connectivity index (χ3v) is 4.30. The molecule has 0 aliphatic rings. The number of hydrogen-bond acceptors (Lipinski definition) is 2. The number of amides is 1. The first-order valence-electron chi connectivity index (χ1n) is 6.24. The monoisotopic (exact) mass is 303 g/mol. The van der Waals surface area contributed by atoms with Crippen LogP contribution < -0.4 is 5.32 Å². The van der Waals surface area contributed by atoms with E-state index in [1.807, 2.05) is 13.8 Å². The van der Waals surface area contributed by atoms with Crippen LogP contribution in [0.4, 0.5) is 0 Å². The zero-order valence-electron chi connectivity index (χ0n) is 11.3. The van der Waals surface area contributed by atoms with Gasteiger partial charge in [-0.05, 0) is 25.0 Å². The van der Waals surface area contributed by atoms with Crippen LogP contribution in [0.3, 0.4) is 0 Å². The SMILES string of the molecule is CCC(C)C(C)(O)CNC(=O)c1cccc(Cl)c1Cl. The van der Waals surface area contributed by atoms with Crippen molar-refractivity contribution in [3.05, 3.63) is 33.8 Å². The molecule has 1 amide bonds. The van der Waals surface area contributed by atoms with Crippen molar-refractivity contribution >= 4 is 29.1 Å². The number of hydrogen-bond donors (Lipinski definition) is 2. The smallest absolute Gasteiger partial charge is 0.252 e. The molecule has 0 heterocycles. The van der Waals surface area contributed by atoms with Crippen LogP contribution in [-0.2, 0) is 0 Å². The molecule has 2 N–H and O–H groups in total. The summed E-state index contributed by atoms with van der Waals surface area (Å²) in [7, 11) is 0. The topological polar surface area (TPSA) is 49.3 Å². The maximum absolute atomic E-state index is 12.0. The highest BCUT2D eigenvalue weighted by Crippen LogP contribution is 2.25. The number of carbonyl (C=O) groups excluding carboxylic acids is 1. The van der Waals surface area contributed by atoms with E-state index in [4.69, 9.17) is 23.2 Å². The first-order valence-corrected chi connectivity index (χ1v) is 6.99. The second-order valence-corrected chi connectivity index (χ2v) is 5.74. The minimum absolute atomic E-state index is 0.0858. The number of rotatable bonds is 5. The summed E-state index contributed by atoms with van der Waals surface area (Å²) in [6.07, 6.45) is 0.834. The molecule has 0 saturated heterocycles. The molecule has 0 fully saturated rings. The summed E-state index contributed by atoms with van der Waals surface area (Å²) in [5.41, 5.74) is -0.635. The Labute approximate surface area is 123 Å². The van der Waals surface area contributed by atoms with Gasteiger partial charge in [0, 0.05) is 6.54 Å². The van der Waals surface area contributed by atoms with Crippen molar-refractivity contribution in [2.24, 2.45) is 5.92 Å². The molecule has 3 nitrogen and oxygen atoms in total. The molecule has 5 heteroatoms. The molecule has 0 bridgehead atoms. The van der Waals surface area contributed by atoms with Crippen LogP contribution in [0.1, 0.15) is 37.6 Å². The molecule has 2 unspecified atom stereocenters. The van der Waals surface area contributed by atoms with Gasteiger partial charge in [0.25, 0.3) is 5.91 Å². The normalized spacial score (nSPS) is 15.7. The molecule has 1 aromatic carbocycles. The average molecular weight is 304 g/mol. The Hall–Kier alpha value is -0.770. The molecule has 0 aliphatic heterocycles. The quantitative estimate of drug-likeness (QED) is 0.874. The minimum atomic E-state index is -0.949. The Kier molecular flexibility index (Phi) is 5.65. The van der Waals surface area contributed by atoms with Gasteiger partial charge in [-0.25, -0.2) is 0 Å². The fourth-order valence-electron chi connectivity index (χ4n) is 1.65. The minimum Gasteiger partial charge on any atom is -0.388 e. The lowest BCUT2D eigenvalue weighted by atomic mass is 9.88. The highest BCUT2D eigenvalue weighted by Gasteiger charge is 2.27. The van der Waals surface area contributed by atoms with Gasteiger partial charge in [0.15, 0.2) is 0 Å². The van der Waals surface area contributed by atoms with Gasteiger partial charge in [0.2, 0.25) is 0 Å². The lowest BCUT2D eigenvalue weighted by Gasteiger charge is -2.29. The van der Waals surface area contributed by atoms with E-state index in [0.29, 0.717) is 10.6 Å². The van der Waals surface area contributed by atoms with Crippen molar-refractivity contribution < 1.29 is 9.90 Å². The van der Waals surface area contributed by atoms with Gasteiger partial charge >= 0.3 is 0 Å². The van der Waals surface area contributed by atoms with Gasteiger partial charge in [0.05, 0.1) is 21.2 Å². The Morgan fingerprint density at radius 3 is 2.68 bits per heavy atom. The number of carbonyl (C=O) groups is 1. The summed E-state index contributed by atoms with van der Waals surface area (Å²) in [4.78, 5) is 12.0. The molecule has 0 aliphatic carbocycles. The van der Waals surface area contributed by atoms with Crippen molar-refractivity contribution in [1.82, 2.24) is 5.32 Å². The van der Waals surface area contributed by atoms with Gasteiger partial charge in [0.1, 0.15) is 0 Å². The van der Waals surface area contributed by atoms with Gasteiger partial charge in [-0.15, -0.1) is 0 Å². The van der Waals surface area contributed by atoms with E-state index in [1.165, 1.54) is 0 Å². The van der Waals surface area contributed by atoms with Crippen LogP contribution in [0.5, 0.6) is 0 Å². The molecule has 106 valence electrons. The Balaban J connectivity index is 2.74. The highest BCUT2D eigenvalue weighted by atomic mass is 35.5. The lowest BCUT2D eigenvalue weighted by molar-refractivity contribution is 0.00593. The molecule has 0 radical (unpaired) electrons. The van der Waals surface area contributed by atoms with Crippen molar-refractivity contribution in [3.63, 3.8) is 0 Å². The molecule has 0 spiro atoms. The summed E-state index contributed by atoms with van der Waals surface area (Å²) < 4.78 is 0. The third-order valence-electron chi connectivity index (χ3n) is 3.48. The van der Waals surface area contributed by atoms with E-state index >= 15 is 0 Å². The summed E-state index contributed by atoms with van der Waals surface area (Å²) in [6, 6.07) is 4.88. The Bertz CT molecular complexity index is 461. The van der Waals surface area contributed by atoms with Crippen LogP contribution in [0.15, 0.2) is 18.2 Å². The van der Waals surface area contributed by atoms with Crippen molar-refractivity contribution in [2.75, 3.05) is 6.54 Å². The van der Waals surface area contributed by atoms with Gasteiger partial charge in [-0.3, -0.25) is 4.79 Å². The van der Waals surface area contributed by atoms with Crippen molar-refractivity contribution in [3.8, 4) is 0 Å². The van der Waals surface area contributed by atoms with Crippen molar-refractivity contribution in [1.29, 1.82) is 0 Å². The van der Waals surface area contributed by atoms with Crippen molar-refractivity contribution in [2.45, 2.75) is 32.8 Å². The zero-order valence-corrected chi connectivity index (χ0v) is 12.8. The third kappa shape index (κ3) is 4.10. The molecule has 1 rings (SSSR count). The summed E-state index contributed by atoms with van der Waals surface area (Å²) in [5.74, 6) is -0.251. The number of nitrogens with one attached hydrogen (secondary N) is 1. The van der Waals surface area contributed by atoms with E-state index in [0.717, 1.165) is 6.42 Å². The van der Waals surface area contributed by atoms with E-state index in [-0.39, 0.29) is 23.4 Å². The van der Waals surface area contributed by atoms with Crippen LogP contribution in [0.25, 0.3) is 0 Å². The highest BCUT2D eigenvalue weighted by molar-refractivity contribution is 6.43. The van der Waals surface area contributed by atoms with Gasteiger partial charge < -0.3 is 10.4 Å². The summed E-state index contributed by atoms with van der Waals surface area (Å²) >= 11 is 11.8. The predicted molar refractivity (Wildman–Crippen MR) is 78.9 cm³/mol. The molecule has 2 atom stereocenters. The molecule has 0 aromatic heterocycles. The standard InChI is InChI=1S/C14H19Cl2NO2/c1-4-9(2)14(3,19)8-17-13(18)10-6-5-7-11(15)12(10)16/h5-7,9,19H,4,8H2,1-3H3,(H,17,18). The summed E-state index contributed by atoms with van der Waals surface area (Å²) in [6.45, 7) is 5.82. The van der Waals surface area contributed by atoms with Crippen LogP contribution in [0.2, 0.25) is 10.0 Å². The molecule has 19 heavy (non-hydrogen) atoms. The second-order valence-electron chi connectivity index (χ2n) is 4.95. The lowest BCUT2D eigenvalue weighted by Crippen LogP contribution is -2.45. The molecular weight excluding hydrogens is 285 g/mol. The van der Waals surface area contributed by atoms with Crippen LogP contribution >= 0.6 is 23.2 Å². The van der Waals surface area contributed by atoms with E-state index < -0.39 is 5.60 Å². The fraction of sp³-hybridized carbons (Fsp3) is 0.500. The fourth-order valence-corrected chi connectivity index (χ4v) is 2.03. The summed E-state index contributed by atoms with van der Waals surface area (Å²) in [5, 5.41) is 13.5. The second kappa shape index (κ2) is 6.60. The average Bonchev–Trinajstić information content (AvgIpc) is 2.38. The van der Waals surface area contributed by atoms with Crippen LogP contribution in [0, 0.1) is 5.92 Å². The molecular formula is C14H19Cl2NO2. The number of halogens is 2. The predicted octanol–water partition coefficient (Wildman–Crippen LogP) is 3.52. The Morgan fingerprint density at radius 2 is 2.11 bits per heavy atom. The van der Waals surface area contributed by atoms with Gasteiger partial charge in [-0.1, -0.05) is 49.5 Å². The number of aliphatic hydroxyl groups is 1. The van der Waals surface area contributed by atoms with E-state index in [9.17, 15) is 9.90 Å². The Morgan fingerprint density at radius 1 is 1.47 bits per heavy atom.